The third-order valence-corrected chi connectivity index (χ3v) is 3.34. The van der Waals surface area contributed by atoms with Crippen molar-refractivity contribution >= 4 is 17.4 Å². The fourth-order valence-electron chi connectivity index (χ4n) is 1.92. The molecule has 1 aliphatic rings. The molecule has 0 aliphatic heterocycles. The molecule has 0 spiro atoms. The van der Waals surface area contributed by atoms with Crippen LogP contribution in [0.15, 0.2) is 6.07 Å². The summed E-state index contributed by atoms with van der Waals surface area (Å²) in [6, 6.07) is 2.28. The normalized spacial score (nSPS) is 23.3. The Kier molecular flexibility index (Phi) is 2.59. The molecule has 0 bridgehead atoms. The lowest BCUT2D eigenvalue weighted by Gasteiger charge is -2.45. The van der Waals surface area contributed by atoms with Gasteiger partial charge in [-0.2, -0.15) is 0 Å². The van der Waals surface area contributed by atoms with Crippen LogP contribution in [-0.4, -0.2) is 16.0 Å². The molecule has 82 valence electrons. The Bertz CT molecular complexity index is 356. The summed E-state index contributed by atoms with van der Waals surface area (Å²) in [5.41, 5.74) is 0.366. The number of aryl methyl sites for hydroxylation is 1. The Morgan fingerprint density at radius 2 is 2.20 bits per heavy atom. The van der Waals surface area contributed by atoms with E-state index in [1.165, 1.54) is 12.8 Å². The van der Waals surface area contributed by atoms with Gasteiger partial charge >= 0.3 is 0 Å². The van der Waals surface area contributed by atoms with Crippen LogP contribution in [0.5, 0.6) is 0 Å². The van der Waals surface area contributed by atoms with Crippen LogP contribution in [0.1, 0.15) is 32.5 Å². The van der Waals surface area contributed by atoms with Gasteiger partial charge in [0.2, 0.25) is 0 Å². The maximum Gasteiger partial charge on any atom is 0.134 e. The van der Waals surface area contributed by atoms with Gasteiger partial charge in [-0.15, -0.1) is 0 Å². The zero-order valence-corrected chi connectivity index (χ0v) is 10.1. The van der Waals surface area contributed by atoms with Crippen LogP contribution < -0.4 is 5.32 Å². The van der Waals surface area contributed by atoms with E-state index in [9.17, 15) is 0 Å². The second kappa shape index (κ2) is 3.63. The summed E-state index contributed by atoms with van der Waals surface area (Å²) in [5, 5.41) is 3.92. The molecule has 0 saturated heterocycles. The second-order valence-corrected chi connectivity index (χ2v) is 5.23. The number of nitrogens with zero attached hydrogens (tertiary/aromatic N) is 2. The zero-order chi connectivity index (χ0) is 11.1. The Morgan fingerprint density at radius 1 is 1.47 bits per heavy atom. The number of hydrogen-bond donors (Lipinski definition) is 1. The predicted octanol–water partition coefficient (Wildman–Crippen LogP) is 3.04. The molecule has 2 rings (SSSR count). The first-order valence-corrected chi connectivity index (χ1v) is 5.63. The van der Waals surface area contributed by atoms with Gasteiger partial charge in [-0.3, -0.25) is 0 Å². The molecule has 1 aromatic heterocycles. The van der Waals surface area contributed by atoms with Crippen LogP contribution in [0.2, 0.25) is 5.15 Å². The van der Waals surface area contributed by atoms with E-state index in [0.29, 0.717) is 22.4 Å². The summed E-state index contributed by atoms with van der Waals surface area (Å²) >= 11 is 5.87. The van der Waals surface area contributed by atoms with Crippen LogP contribution in [0.4, 0.5) is 5.82 Å². The Labute approximate surface area is 95.3 Å². The Morgan fingerprint density at radius 3 is 2.67 bits per heavy atom. The van der Waals surface area contributed by atoms with Gasteiger partial charge in [0.15, 0.2) is 0 Å². The van der Waals surface area contributed by atoms with Crippen molar-refractivity contribution in [1.82, 2.24) is 9.97 Å². The minimum absolute atomic E-state index is 0.366. The lowest BCUT2D eigenvalue weighted by molar-refractivity contribution is 0.159. The van der Waals surface area contributed by atoms with Crippen molar-refractivity contribution in [2.75, 3.05) is 5.32 Å². The first-order chi connectivity index (χ1) is 6.97. The van der Waals surface area contributed by atoms with Crippen LogP contribution in [-0.2, 0) is 0 Å². The number of hydrogen-bond acceptors (Lipinski definition) is 3. The minimum atomic E-state index is 0.366. The summed E-state index contributed by atoms with van der Waals surface area (Å²) in [6.07, 6.45) is 2.47. The summed E-state index contributed by atoms with van der Waals surface area (Å²) < 4.78 is 0. The highest BCUT2D eigenvalue weighted by Crippen LogP contribution is 2.41. The van der Waals surface area contributed by atoms with Crippen molar-refractivity contribution in [2.45, 2.75) is 39.7 Å². The van der Waals surface area contributed by atoms with Gasteiger partial charge < -0.3 is 5.32 Å². The molecule has 15 heavy (non-hydrogen) atoms. The molecule has 0 aromatic carbocycles. The number of halogens is 1. The number of anilines is 1. The van der Waals surface area contributed by atoms with Crippen molar-refractivity contribution < 1.29 is 0 Å². The van der Waals surface area contributed by atoms with Gasteiger partial charge in [0.25, 0.3) is 0 Å². The quantitative estimate of drug-likeness (QED) is 0.787. The molecule has 1 aromatic rings. The monoisotopic (exact) mass is 225 g/mol. The van der Waals surface area contributed by atoms with Gasteiger partial charge in [0.05, 0.1) is 0 Å². The van der Waals surface area contributed by atoms with E-state index in [1.807, 2.05) is 6.92 Å². The molecule has 1 unspecified atom stereocenters. The molecule has 0 radical (unpaired) electrons. The highest BCUT2D eigenvalue weighted by atomic mass is 35.5. The molecule has 1 atom stereocenters. The highest BCUT2D eigenvalue weighted by molar-refractivity contribution is 6.29. The van der Waals surface area contributed by atoms with Crippen molar-refractivity contribution in [1.29, 1.82) is 0 Å². The average Bonchev–Trinajstić information content (AvgIpc) is 2.11. The smallest absolute Gasteiger partial charge is 0.134 e. The topological polar surface area (TPSA) is 37.8 Å². The summed E-state index contributed by atoms with van der Waals surface area (Å²) in [4.78, 5) is 8.35. The molecular weight excluding hydrogens is 210 g/mol. The van der Waals surface area contributed by atoms with E-state index in [2.05, 4.69) is 29.1 Å². The van der Waals surface area contributed by atoms with Crippen molar-refractivity contribution in [3.05, 3.63) is 17.0 Å². The third kappa shape index (κ3) is 2.23. The predicted molar refractivity (Wildman–Crippen MR) is 62.2 cm³/mol. The summed E-state index contributed by atoms with van der Waals surface area (Å²) in [5.74, 6) is 1.55. The SMILES string of the molecule is Cc1nc(Cl)cc(NC2CCC2(C)C)n1. The molecule has 3 nitrogen and oxygen atoms in total. The van der Waals surface area contributed by atoms with E-state index >= 15 is 0 Å². The van der Waals surface area contributed by atoms with E-state index in [1.54, 1.807) is 6.07 Å². The molecule has 1 aliphatic carbocycles. The van der Waals surface area contributed by atoms with Crippen LogP contribution in [0, 0.1) is 12.3 Å². The second-order valence-electron chi connectivity index (χ2n) is 4.85. The minimum Gasteiger partial charge on any atom is -0.367 e. The van der Waals surface area contributed by atoms with Crippen molar-refractivity contribution in [3.63, 3.8) is 0 Å². The maximum atomic E-state index is 5.87. The maximum absolute atomic E-state index is 5.87. The fraction of sp³-hybridized carbons (Fsp3) is 0.636. The number of nitrogens with one attached hydrogen (secondary N) is 1. The first-order valence-electron chi connectivity index (χ1n) is 5.25. The molecular formula is C11H16ClN3. The lowest BCUT2D eigenvalue weighted by Crippen LogP contribution is -2.45. The number of rotatable bonds is 2. The summed E-state index contributed by atoms with van der Waals surface area (Å²) in [7, 11) is 0. The molecule has 1 fully saturated rings. The van der Waals surface area contributed by atoms with Crippen LogP contribution in [0.25, 0.3) is 0 Å². The van der Waals surface area contributed by atoms with Gasteiger partial charge in [-0.1, -0.05) is 25.4 Å². The third-order valence-electron chi connectivity index (χ3n) is 3.15. The molecule has 1 saturated carbocycles. The largest absolute Gasteiger partial charge is 0.367 e. The summed E-state index contributed by atoms with van der Waals surface area (Å²) in [6.45, 7) is 6.39. The van der Waals surface area contributed by atoms with Gasteiger partial charge in [-0.25, -0.2) is 9.97 Å². The fourth-order valence-corrected chi connectivity index (χ4v) is 2.14. The van der Waals surface area contributed by atoms with E-state index < -0.39 is 0 Å². The molecule has 1 N–H and O–H groups in total. The standard InChI is InChI=1S/C11H16ClN3/c1-7-13-9(12)6-10(14-7)15-8-4-5-11(8,2)3/h6,8H,4-5H2,1-3H3,(H,13,14,15). The van der Waals surface area contributed by atoms with E-state index in [0.717, 1.165) is 5.82 Å². The van der Waals surface area contributed by atoms with Gasteiger partial charge in [0.1, 0.15) is 16.8 Å². The molecule has 4 heteroatoms. The zero-order valence-electron chi connectivity index (χ0n) is 9.34. The van der Waals surface area contributed by atoms with Crippen molar-refractivity contribution in [2.24, 2.45) is 5.41 Å². The highest BCUT2D eigenvalue weighted by Gasteiger charge is 2.38. The van der Waals surface area contributed by atoms with Gasteiger partial charge in [-0.05, 0) is 25.2 Å². The van der Waals surface area contributed by atoms with E-state index in [-0.39, 0.29) is 0 Å². The Balaban J connectivity index is 2.11. The van der Waals surface area contributed by atoms with Crippen LogP contribution in [0.3, 0.4) is 0 Å². The van der Waals surface area contributed by atoms with Crippen molar-refractivity contribution in [3.8, 4) is 0 Å². The molecule has 0 amide bonds. The lowest BCUT2D eigenvalue weighted by atomic mass is 9.67. The van der Waals surface area contributed by atoms with E-state index in [4.69, 9.17) is 11.6 Å². The van der Waals surface area contributed by atoms with Gasteiger partial charge in [0, 0.05) is 12.1 Å². The van der Waals surface area contributed by atoms with Crippen LogP contribution >= 0.6 is 11.6 Å². The average molecular weight is 226 g/mol. The molecule has 1 heterocycles. The first kappa shape index (κ1) is 10.7. The Hall–Kier alpha value is -0.830. The number of aromatic nitrogens is 2.